The predicted octanol–water partition coefficient (Wildman–Crippen LogP) is 1.60. The molecule has 0 bridgehead atoms. The van der Waals surface area contributed by atoms with E-state index in [9.17, 15) is 0 Å². The lowest BCUT2D eigenvalue weighted by Gasteiger charge is -2.00. The summed E-state index contributed by atoms with van der Waals surface area (Å²) in [6.45, 7) is 0. The number of nitrogens with two attached hydrogens (primary N) is 1. The van der Waals surface area contributed by atoms with Crippen LogP contribution in [0, 0.1) is 22.7 Å². The first kappa shape index (κ1) is 9.09. The normalized spacial score (nSPS) is 8.77. The Labute approximate surface area is 77.0 Å². The van der Waals surface area contributed by atoms with Crippen molar-refractivity contribution in [3.8, 4) is 12.1 Å². The molecule has 0 aliphatic carbocycles. The van der Waals surface area contributed by atoms with Crippen molar-refractivity contribution >= 4 is 5.69 Å². The topological polar surface area (TPSA) is 73.6 Å². The lowest BCUT2D eigenvalue weighted by atomic mass is 10.1. The summed E-state index contributed by atoms with van der Waals surface area (Å²) in [6, 6.07) is 9.33. The van der Waals surface area contributed by atoms with Gasteiger partial charge in [-0.3, -0.25) is 0 Å². The fourth-order valence-corrected chi connectivity index (χ4v) is 1.06. The molecule has 0 saturated carbocycles. The molecule has 0 radical (unpaired) electrons. The van der Waals surface area contributed by atoms with Crippen LogP contribution in [0.4, 0.5) is 5.69 Å². The van der Waals surface area contributed by atoms with E-state index >= 15 is 0 Å². The van der Waals surface area contributed by atoms with Gasteiger partial charge in [0.2, 0.25) is 0 Å². The number of hydrogen-bond donors (Lipinski definition) is 1. The first-order chi connectivity index (χ1) is 6.27. The molecular weight excluding hydrogens is 162 g/mol. The highest BCUT2D eigenvalue weighted by Gasteiger charge is 1.99. The second kappa shape index (κ2) is 4.13. The maximum Gasteiger partial charge on any atom is 0.101 e. The maximum absolute atomic E-state index is 8.67. The summed E-state index contributed by atoms with van der Waals surface area (Å²) in [5.74, 6) is 0. The zero-order valence-corrected chi connectivity index (χ0v) is 7.12. The van der Waals surface area contributed by atoms with Gasteiger partial charge in [0.05, 0.1) is 11.6 Å². The van der Waals surface area contributed by atoms with Gasteiger partial charge in [0.1, 0.15) is 6.07 Å². The third-order valence-electron chi connectivity index (χ3n) is 1.76. The molecule has 0 amide bonds. The van der Waals surface area contributed by atoms with Gasteiger partial charge in [-0.05, 0) is 24.1 Å². The van der Waals surface area contributed by atoms with E-state index in [0.29, 0.717) is 24.1 Å². The summed E-state index contributed by atoms with van der Waals surface area (Å²) in [5, 5.41) is 17.0. The Morgan fingerprint density at radius 3 is 2.69 bits per heavy atom. The quantitative estimate of drug-likeness (QED) is 0.687. The van der Waals surface area contributed by atoms with Gasteiger partial charge in [-0.2, -0.15) is 10.5 Å². The van der Waals surface area contributed by atoms with E-state index in [1.165, 1.54) is 0 Å². The van der Waals surface area contributed by atoms with Crippen molar-refractivity contribution in [3.05, 3.63) is 29.3 Å². The van der Waals surface area contributed by atoms with E-state index in [1.807, 2.05) is 12.1 Å². The highest BCUT2D eigenvalue weighted by Crippen LogP contribution is 2.13. The van der Waals surface area contributed by atoms with Crippen LogP contribution in [0.2, 0.25) is 0 Å². The molecule has 0 saturated heterocycles. The van der Waals surface area contributed by atoms with Gasteiger partial charge in [0.15, 0.2) is 0 Å². The van der Waals surface area contributed by atoms with Crippen molar-refractivity contribution in [1.29, 1.82) is 10.5 Å². The summed E-state index contributed by atoms with van der Waals surface area (Å²) in [7, 11) is 0. The molecule has 1 aromatic carbocycles. The fraction of sp³-hybridized carbons (Fsp3) is 0.200. The SMILES string of the molecule is N#CCCc1ccc(N)c(C#N)c1. The van der Waals surface area contributed by atoms with Crippen LogP contribution in [0.15, 0.2) is 18.2 Å². The van der Waals surface area contributed by atoms with Crippen LogP contribution in [-0.2, 0) is 6.42 Å². The minimum atomic E-state index is 0.467. The third-order valence-corrected chi connectivity index (χ3v) is 1.76. The van der Waals surface area contributed by atoms with Crippen molar-refractivity contribution in [2.24, 2.45) is 0 Å². The zero-order chi connectivity index (χ0) is 9.68. The highest BCUT2D eigenvalue weighted by atomic mass is 14.6. The first-order valence-electron chi connectivity index (χ1n) is 3.93. The van der Waals surface area contributed by atoms with Gasteiger partial charge >= 0.3 is 0 Å². The molecular formula is C10H9N3. The van der Waals surface area contributed by atoms with Crippen molar-refractivity contribution in [1.82, 2.24) is 0 Å². The number of nitrogen functional groups attached to an aromatic ring is 1. The van der Waals surface area contributed by atoms with Crippen LogP contribution in [0.5, 0.6) is 0 Å². The van der Waals surface area contributed by atoms with E-state index in [1.54, 1.807) is 12.1 Å². The third kappa shape index (κ3) is 2.21. The zero-order valence-electron chi connectivity index (χ0n) is 7.12. The van der Waals surface area contributed by atoms with Gasteiger partial charge < -0.3 is 5.73 Å². The minimum absolute atomic E-state index is 0.467. The molecule has 1 rings (SSSR count). The summed E-state index contributed by atoms with van der Waals surface area (Å²) in [4.78, 5) is 0. The summed E-state index contributed by atoms with van der Waals surface area (Å²) in [6.07, 6.45) is 1.14. The lowest BCUT2D eigenvalue weighted by molar-refractivity contribution is 1.01. The largest absolute Gasteiger partial charge is 0.398 e. The number of hydrogen-bond acceptors (Lipinski definition) is 3. The average molecular weight is 171 g/mol. The minimum Gasteiger partial charge on any atom is -0.398 e. The van der Waals surface area contributed by atoms with Gasteiger partial charge in [0.25, 0.3) is 0 Å². The van der Waals surface area contributed by atoms with E-state index < -0.39 is 0 Å². The monoisotopic (exact) mass is 171 g/mol. The van der Waals surface area contributed by atoms with Gasteiger partial charge in [-0.1, -0.05) is 6.07 Å². The molecule has 0 aliphatic rings. The molecule has 0 aliphatic heterocycles. The Morgan fingerprint density at radius 2 is 2.08 bits per heavy atom. The maximum atomic E-state index is 8.67. The Balaban J connectivity index is 2.89. The molecule has 0 heterocycles. The van der Waals surface area contributed by atoms with Crippen LogP contribution in [0.1, 0.15) is 17.5 Å². The Kier molecular flexibility index (Phi) is 2.89. The molecule has 0 spiro atoms. The fourth-order valence-electron chi connectivity index (χ4n) is 1.06. The molecule has 0 aromatic heterocycles. The van der Waals surface area contributed by atoms with Crippen LogP contribution in [-0.4, -0.2) is 0 Å². The molecule has 0 unspecified atom stereocenters. The first-order valence-corrected chi connectivity index (χ1v) is 3.93. The van der Waals surface area contributed by atoms with Crippen LogP contribution in [0.25, 0.3) is 0 Å². The number of benzene rings is 1. The molecule has 1 aromatic rings. The number of aryl methyl sites for hydroxylation is 1. The van der Waals surface area contributed by atoms with Crippen molar-refractivity contribution < 1.29 is 0 Å². The standard InChI is InChI=1S/C10H9N3/c11-5-1-2-8-3-4-10(13)9(6-8)7-12/h3-4,6H,1-2,13H2. The smallest absolute Gasteiger partial charge is 0.101 e. The average Bonchev–Trinajstić information content (AvgIpc) is 2.16. The van der Waals surface area contributed by atoms with Gasteiger partial charge in [-0.15, -0.1) is 0 Å². The Bertz CT molecular complexity index is 382. The van der Waals surface area contributed by atoms with E-state index in [0.717, 1.165) is 5.56 Å². The van der Waals surface area contributed by atoms with E-state index in [-0.39, 0.29) is 0 Å². The molecule has 0 fully saturated rings. The van der Waals surface area contributed by atoms with Crippen molar-refractivity contribution in [2.75, 3.05) is 5.73 Å². The van der Waals surface area contributed by atoms with Crippen LogP contribution < -0.4 is 5.73 Å². The second-order valence-electron chi connectivity index (χ2n) is 2.69. The second-order valence-corrected chi connectivity index (χ2v) is 2.69. The number of nitriles is 2. The van der Waals surface area contributed by atoms with E-state index in [4.69, 9.17) is 16.3 Å². The molecule has 0 atom stereocenters. The lowest BCUT2D eigenvalue weighted by Crippen LogP contribution is -1.92. The van der Waals surface area contributed by atoms with Gasteiger partial charge in [0, 0.05) is 12.1 Å². The molecule has 3 nitrogen and oxygen atoms in total. The predicted molar refractivity (Wildman–Crippen MR) is 49.5 cm³/mol. The van der Waals surface area contributed by atoms with Gasteiger partial charge in [-0.25, -0.2) is 0 Å². The molecule has 3 heteroatoms. The summed E-state index contributed by atoms with van der Waals surface area (Å²) >= 11 is 0. The number of anilines is 1. The highest BCUT2D eigenvalue weighted by molar-refractivity contribution is 5.55. The molecule has 2 N–H and O–H groups in total. The van der Waals surface area contributed by atoms with Crippen LogP contribution in [0.3, 0.4) is 0 Å². The van der Waals surface area contributed by atoms with Crippen LogP contribution >= 0.6 is 0 Å². The Morgan fingerprint density at radius 1 is 1.31 bits per heavy atom. The molecule has 13 heavy (non-hydrogen) atoms. The number of nitrogens with zero attached hydrogens (tertiary/aromatic N) is 2. The van der Waals surface area contributed by atoms with Crippen molar-refractivity contribution in [2.45, 2.75) is 12.8 Å². The number of rotatable bonds is 2. The van der Waals surface area contributed by atoms with E-state index in [2.05, 4.69) is 6.07 Å². The Hall–Kier alpha value is -2.00. The molecule has 64 valence electrons. The summed E-state index contributed by atoms with van der Waals surface area (Å²) < 4.78 is 0. The summed E-state index contributed by atoms with van der Waals surface area (Å²) in [5.41, 5.74) is 7.49. The van der Waals surface area contributed by atoms with Crippen molar-refractivity contribution in [3.63, 3.8) is 0 Å².